The molecule has 6 nitrogen and oxygen atoms in total. The van der Waals surface area contributed by atoms with Gasteiger partial charge in [-0.25, -0.2) is 28.2 Å². The molecular weight excluding hydrogens is 464 g/mol. The van der Waals surface area contributed by atoms with Crippen molar-refractivity contribution in [2.45, 2.75) is 20.0 Å². The molecule has 0 radical (unpaired) electrons. The number of hydrogen-bond donors (Lipinski definition) is 0. The van der Waals surface area contributed by atoms with Crippen LogP contribution < -0.4 is 4.74 Å². The summed E-state index contributed by atoms with van der Waals surface area (Å²) >= 11 is 4.67. The van der Waals surface area contributed by atoms with Gasteiger partial charge in [0, 0.05) is 9.86 Å². The second-order valence-corrected chi connectivity index (χ2v) is 8.32. The van der Waals surface area contributed by atoms with Crippen LogP contribution in [-0.2, 0) is 6.61 Å². The van der Waals surface area contributed by atoms with Crippen molar-refractivity contribution in [2.24, 2.45) is 0 Å². The van der Waals surface area contributed by atoms with Gasteiger partial charge >= 0.3 is 0 Å². The minimum absolute atomic E-state index is 0.197. The van der Waals surface area contributed by atoms with Crippen LogP contribution in [0.15, 0.2) is 41.1 Å². The normalized spacial score (nSPS) is 11.9. The van der Waals surface area contributed by atoms with Gasteiger partial charge in [-0.2, -0.15) is 0 Å². The van der Waals surface area contributed by atoms with Crippen LogP contribution in [-0.4, -0.2) is 24.6 Å². The third kappa shape index (κ3) is 3.22. The molecule has 0 atom stereocenters. The summed E-state index contributed by atoms with van der Waals surface area (Å²) in [6, 6.07) is 8.88. The third-order valence-corrected chi connectivity index (χ3v) is 6.03. The highest BCUT2D eigenvalue weighted by Gasteiger charge is 2.19. The Morgan fingerprint density at radius 1 is 1.21 bits per heavy atom. The Balaban J connectivity index is 1.57. The van der Waals surface area contributed by atoms with E-state index >= 15 is 0 Å². The van der Waals surface area contributed by atoms with E-state index < -0.39 is 6.43 Å². The third-order valence-electron chi connectivity index (χ3n) is 4.43. The number of aromatic nitrogens is 5. The van der Waals surface area contributed by atoms with E-state index in [1.807, 2.05) is 24.3 Å². The van der Waals surface area contributed by atoms with Crippen LogP contribution in [0.2, 0.25) is 0 Å². The standard InChI is InChI=1S/C19H12BrF2N5OS/c1-9-6-12(17(21)22)24-19-14(9)15-16(29-19)18-25-13(26-27(18)8-23-15)7-28-11-4-2-10(20)3-5-11/h2-6,8,17H,7H2,1H3. The molecule has 0 N–H and O–H groups in total. The lowest BCUT2D eigenvalue weighted by molar-refractivity contribution is 0.146. The number of ether oxygens (including phenoxy) is 1. The summed E-state index contributed by atoms with van der Waals surface area (Å²) in [5.41, 5.74) is 1.77. The Kier molecular flexibility index (Phi) is 4.39. The van der Waals surface area contributed by atoms with Crippen molar-refractivity contribution in [3.05, 3.63) is 58.2 Å². The zero-order valence-corrected chi connectivity index (χ0v) is 17.3. The number of fused-ring (bicyclic) bond motifs is 5. The van der Waals surface area contributed by atoms with Crippen molar-refractivity contribution >= 4 is 53.3 Å². The van der Waals surface area contributed by atoms with Gasteiger partial charge in [0.25, 0.3) is 6.43 Å². The Bertz CT molecular complexity index is 1370. The van der Waals surface area contributed by atoms with Gasteiger partial charge in [0.05, 0.1) is 5.52 Å². The van der Waals surface area contributed by atoms with Crippen molar-refractivity contribution < 1.29 is 13.5 Å². The van der Waals surface area contributed by atoms with E-state index in [0.717, 1.165) is 14.6 Å². The minimum Gasteiger partial charge on any atom is -0.486 e. The molecule has 0 aliphatic carbocycles. The molecule has 0 fully saturated rings. The van der Waals surface area contributed by atoms with Crippen LogP contribution in [0.3, 0.4) is 0 Å². The molecule has 0 saturated carbocycles. The predicted molar refractivity (Wildman–Crippen MR) is 110 cm³/mol. The average molecular weight is 476 g/mol. The molecule has 0 amide bonds. The fourth-order valence-corrected chi connectivity index (χ4v) is 4.58. The lowest BCUT2D eigenvalue weighted by Crippen LogP contribution is -1.98. The van der Waals surface area contributed by atoms with Crippen molar-refractivity contribution in [2.75, 3.05) is 0 Å². The SMILES string of the molecule is Cc1cc(C(F)F)nc2sc3c(ncn4nc(COc5ccc(Br)cc5)nc34)c12. The highest BCUT2D eigenvalue weighted by atomic mass is 79.9. The van der Waals surface area contributed by atoms with E-state index in [9.17, 15) is 8.78 Å². The summed E-state index contributed by atoms with van der Waals surface area (Å²) < 4.78 is 35.3. The fourth-order valence-electron chi connectivity index (χ4n) is 3.13. The molecule has 10 heteroatoms. The van der Waals surface area contributed by atoms with Crippen LogP contribution in [0.5, 0.6) is 5.75 Å². The number of pyridine rings is 1. The number of benzene rings is 1. The van der Waals surface area contributed by atoms with Crippen LogP contribution in [0.1, 0.15) is 23.5 Å². The Morgan fingerprint density at radius 3 is 2.76 bits per heavy atom. The number of aryl methyl sites for hydroxylation is 1. The lowest BCUT2D eigenvalue weighted by atomic mass is 10.1. The number of thiophene rings is 1. The first kappa shape index (κ1) is 18.3. The molecular formula is C19H12BrF2N5OS. The van der Waals surface area contributed by atoms with Gasteiger partial charge in [-0.05, 0) is 42.8 Å². The van der Waals surface area contributed by atoms with Crippen LogP contribution >= 0.6 is 27.3 Å². The van der Waals surface area contributed by atoms with Crippen LogP contribution in [0.4, 0.5) is 8.78 Å². The number of rotatable bonds is 4. The second-order valence-electron chi connectivity index (χ2n) is 6.41. The molecule has 0 aliphatic rings. The Labute approximate surface area is 175 Å². The van der Waals surface area contributed by atoms with Crippen molar-refractivity contribution in [1.29, 1.82) is 0 Å². The largest absolute Gasteiger partial charge is 0.486 e. The molecule has 0 bridgehead atoms. The molecule has 4 heterocycles. The first-order valence-corrected chi connectivity index (χ1v) is 10.2. The molecule has 5 aromatic rings. The van der Waals surface area contributed by atoms with Gasteiger partial charge in [-0.1, -0.05) is 15.9 Å². The second kappa shape index (κ2) is 6.96. The van der Waals surface area contributed by atoms with E-state index in [0.29, 0.717) is 33.1 Å². The zero-order chi connectivity index (χ0) is 20.1. The maximum atomic E-state index is 13.1. The zero-order valence-electron chi connectivity index (χ0n) is 14.9. The maximum Gasteiger partial charge on any atom is 0.280 e. The van der Waals surface area contributed by atoms with Gasteiger partial charge in [-0.3, -0.25) is 0 Å². The highest BCUT2D eigenvalue weighted by molar-refractivity contribution is 9.10. The van der Waals surface area contributed by atoms with Gasteiger partial charge in [0.2, 0.25) is 0 Å². The number of halogens is 3. The smallest absolute Gasteiger partial charge is 0.280 e. The minimum atomic E-state index is -2.62. The average Bonchev–Trinajstić information content (AvgIpc) is 3.28. The molecule has 29 heavy (non-hydrogen) atoms. The quantitative estimate of drug-likeness (QED) is 0.344. The molecule has 0 unspecified atom stereocenters. The molecule has 4 aromatic heterocycles. The van der Waals surface area contributed by atoms with E-state index in [1.54, 1.807) is 17.8 Å². The topological polar surface area (TPSA) is 65.2 Å². The summed E-state index contributed by atoms with van der Waals surface area (Å²) in [6.45, 7) is 1.98. The van der Waals surface area contributed by atoms with Gasteiger partial charge in [-0.15, -0.1) is 16.4 Å². The fraction of sp³-hybridized carbons (Fsp3) is 0.158. The van der Waals surface area contributed by atoms with Gasteiger partial charge in [0.15, 0.2) is 11.5 Å². The maximum absolute atomic E-state index is 13.1. The molecule has 0 saturated heterocycles. The predicted octanol–water partition coefficient (Wildman–Crippen LogP) is 5.47. The summed E-state index contributed by atoms with van der Waals surface area (Å²) in [6.07, 6.45) is -1.05. The van der Waals surface area contributed by atoms with Crippen molar-refractivity contribution in [1.82, 2.24) is 24.6 Å². The van der Waals surface area contributed by atoms with Gasteiger partial charge < -0.3 is 4.74 Å². The van der Waals surface area contributed by atoms with Crippen molar-refractivity contribution in [3.63, 3.8) is 0 Å². The molecule has 0 aliphatic heterocycles. The van der Waals surface area contributed by atoms with E-state index in [2.05, 4.69) is 36.0 Å². The van der Waals surface area contributed by atoms with E-state index in [-0.39, 0.29) is 12.3 Å². The lowest BCUT2D eigenvalue weighted by Gasteiger charge is -2.02. The van der Waals surface area contributed by atoms with E-state index in [1.165, 1.54) is 17.4 Å². The Morgan fingerprint density at radius 2 is 2.00 bits per heavy atom. The molecule has 1 aromatic carbocycles. The van der Waals surface area contributed by atoms with Crippen molar-refractivity contribution in [3.8, 4) is 5.75 Å². The monoisotopic (exact) mass is 475 g/mol. The summed E-state index contributed by atoms with van der Waals surface area (Å²) in [7, 11) is 0. The molecule has 0 spiro atoms. The van der Waals surface area contributed by atoms with Crippen LogP contribution in [0, 0.1) is 6.92 Å². The Hall–Kier alpha value is -2.72. The van der Waals surface area contributed by atoms with Crippen LogP contribution in [0.25, 0.3) is 26.1 Å². The number of hydrogen-bond acceptors (Lipinski definition) is 6. The highest BCUT2D eigenvalue weighted by Crippen LogP contribution is 2.36. The first-order valence-electron chi connectivity index (χ1n) is 8.60. The summed E-state index contributed by atoms with van der Waals surface area (Å²) in [4.78, 5) is 13.7. The van der Waals surface area contributed by atoms with Gasteiger partial charge in [0.1, 0.15) is 33.9 Å². The van der Waals surface area contributed by atoms with E-state index in [4.69, 9.17) is 4.74 Å². The summed E-state index contributed by atoms with van der Waals surface area (Å²) in [5.74, 6) is 1.20. The number of alkyl halides is 2. The first-order chi connectivity index (χ1) is 14.0. The number of nitrogens with zero attached hydrogens (tertiary/aromatic N) is 5. The molecule has 5 rings (SSSR count). The molecule has 146 valence electrons. The summed E-state index contributed by atoms with van der Waals surface area (Å²) in [5, 5.41) is 5.18.